The molecule has 2 rings (SSSR count). The van der Waals surface area contributed by atoms with Gasteiger partial charge >= 0.3 is 6.09 Å². The monoisotopic (exact) mass is 322 g/mol. The number of carbonyl (C=O) groups excluding carboxylic acids is 1. The molecule has 0 aliphatic carbocycles. The van der Waals surface area contributed by atoms with Gasteiger partial charge in [-0.1, -0.05) is 30.0 Å². The minimum atomic E-state index is -0.481. The third-order valence-electron chi connectivity index (χ3n) is 3.00. The van der Waals surface area contributed by atoms with Crippen LogP contribution in [0.4, 0.5) is 4.79 Å². The molecule has 2 aromatic rings. The van der Waals surface area contributed by atoms with E-state index >= 15 is 0 Å². The molecule has 0 aliphatic heterocycles. The van der Waals surface area contributed by atoms with Gasteiger partial charge in [0.25, 0.3) is 0 Å². The number of alkyl carbamates (subject to hydrolysis) is 1. The lowest BCUT2D eigenvalue weighted by molar-refractivity contribution is 0.0529. The van der Waals surface area contributed by atoms with Gasteiger partial charge in [0.15, 0.2) is 0 Å². The van der Waals surface area contributed by atoms with Gasteiger partial charge in [0.05, 0.1) is 5.69 Å². The first-order valence-electron chi connectivity index (χ1n) is 7.91. The van der Waals surface area contributed by atoms with Crippen molar-refractivity contribution in [2.24, 2.45) is 0 Å². The summed E-state index contributed by atoms with van der Waals surface area (Å²) in [7, 11) is 0. The number of nitrogens with zero attached hydrogens (tertiary/aromatic N) is 1. The zero-order valence-electron chi connectivity index (χ0n) is 14.3. The third kappa shape index (κ3) is 6.13. The quantitative estimate of drug-likeness (QED) is 0.686. The number of hydrogen-bond donors (Lipinski definition) is 1. The van der Waals surface area contributed by atoms with Crippen molar-refractivity contribution in [1.29, 1.82) is 0 Å². The number of ether oxygens (including phenoxy) is 1. The molecule has 1 heterocycles. The summed E-state index contributed by atoms with van der Waals surface area (Å²) in [5, 5.41) is 2.68. The summed E-state index contributed by atoms with van der Waals surface area (Å²) >= 11 is 0. The van der Waals surface area contributed by atoms with Crippen LogP contribution in [0.25, 0.3) is 11.3 Å². The van der Waals surface area contributed by atoms with Gasteiger partial charge in [-0.05, 0) is 45.0 Å². The minimum Gasteiger partial charge on any atom is -0.444 e. The molecule has 0 fully saturated rings. The number of aromatic nitrogens is 1. The molecule has 0 bridgehead atoms. The summed E-state index contributed by atoms with van der Waals surface area (Å²) in [6, 6.07) is 13.8. The van der Waals surface area contributed by atoms with Gasteiger partial charge in [0, 0.05) is 30.3 Å². The highest BCUT2D eigenvalue weighted by molar-refractivity contribution is 5.67. The molecule has 4 nitrogen and oxygen atoms in total. The Kier molecular flexibility index (Phi) is 5.97. The van der Waals surface area contributed by atoms with Crippen molar-refractivity contribution in [3.63, 3.8) is 0 Å². The summed E-state index contributed by atoms with van der Waals surface area (Å²) in [5.74, 6) is 6.13. The standard InChI is InChI=1S/C20H22N2O2/c1-20(2,3)24-19(23)22-15-6-4-8-16-10-12-17(13-11-16)18-9-5-7-14-21-18/h5,7,9-14H,6,15H2,1-3H3,(H,22,23). The van der Waals surface area contributed by atoms with Gasteiger partial charge in [-0.2, -0.15) is 0 Å². The van der Waals surface area contributed by atoms with Crippen LogP contribution in [-0.4, -0.2) is 23.2 Å². The average Bonchev–Trinajstić information content (AvgIpc) is 2.54. The predicted octanol–water partition coefficient (Wildman–Crippen LogP) is 4.01. The van der Waals surface area contributed by atoms with E-state index in [2.05, 4.69) is 22.1 Å². The van der Waals surface area contributed by atoms with Crippen LogP contribution >= 0.6 is 0 Å². The highest BCUT2D eigenvalue weighted by atomic mass is 16.6. The molecule has 1 aromatic carbocycles. The van der Waals surface area contributed by atoms with Crippen molar-refractivity contribution in [3.05, 3.63) is 54.2 Å². The Labute approximate surface area is 143 Å². The number of amides is 1. The average molecular weight is 322 g/mol. The Balaban J connectivity index is 1.81. The van der Waals surface area contributed by atoms with E-state index < -0.39 is 11.7 Å². The molecule has 124 valence electrons. The van der Waals surface area contributed by atoms with Gasteiger partial charge in [0.2, 0.25) is 0 Å². The lowest BCUT2D eigenvalue weighted by Crippen LogP contribution is -2.32. The zero-order valence-corrected chi connectivity index (χ0v) is 14.3. The smallest absolute Gasteiger partial charge is 0.407 e. The topological polar surface area (TPSA) is 51.2 Å². The summed E-state index contributed by atoms with van der Waals surface area (Å²) < 4.78 is 5.15. The number of nitrogens with one attached hydrogen (secondary N) is 1. The molecule has 0 aliphatic rings. The van der Waals surface area contributed by atoms with Crippen LogP contribution in [0.5, 0.6) is 0 Å². The molecule has 24 heavy (non-hydrogen) atoms. The van der Waals surface area contributed by atoms with E-state index in [0.29, 0.717) is 13.0 Å². The fraction of sp³-hybridized carbons (Fsp3) is 0.300. The van der Waals surface area contributed by atoms with Gasteiger partial charge in [-0.3, -0.25) is 4.98 Å². The van der Waals surface area contributed by atoms with Crippen molar-refractivity contribution in [2.45, 2.75) is 32.8 Å². The Morgan fingerprint density at radius 1 is 1.17 bits per heavy atom. The third-order valence-corrected chi connectivity index (χ3v) is 3.00. The molecule has 0 atom stereocenters. The van der Waals surface area contributed by atoms with Gasteiger partial charge < -0.3 is 10.1 Å². The Morgan fingerprint density at radius 3 is 2.54 bits per heavy atom. The first-order chi connectivity index (χ1) is 11.4. The highest BCUT2D eigenvalue weighted by Crippen LogP contribution is 2.16. The van der Waals surface area contributed by atoms with Crippen molar-refractivity contribution in [1.82, 2.24) is 10.3 Å². The van der Waals surface area contributed by atoms with Crippen LogP contribution in [0, 0.1) is 11.8 Å². The Morgan fingerprint density at radius 2 is 1.92 bits per heavy atom. The number of hydrogen-bond acceptors (Lipinski definition) is 3. The molecule has 0 unspecified atom stereocenters. The van der Waals surface area contributed by atoms with Crippen LogP contribution in [0.15, 0.2) is 48.7 Å². The van der Waals surface area contributed by atoms with Crippen molar-refractivity contribution in [2.75, 3.05) is 6.54 Å². The summed E-state index contributed by atoms with van der Waals surface area (Å²) in [6.07, 6.45) is 1.94. The summed E-state index contributed by atoms with van der Waals surface area (Å²) in [6.45, 7) is 5.97. The summed E-state index contributed by atoms with van der Waals surface area (Å²) in [5.41, 5.74) is 2.46. The van der Waals surface area contributed by atoms with E-state index in [0.717, 1.165) is 16.8 Å². The van der Waals surface area contributed by atoms with E-state index in [4.69, 9.17) is 4.74 Å². The van der Waals surface area contributed by atoms with Crippen molar-refractivity contribution in [3.8, 4) is 23.1 Å². The molecule has 0 saturated heterocycles. The first kappa shape index (κ1) is 17.6. The largest absolute Gasteiger partial charge is 0.444 e. The highest BCUT2D eigenvalue weighted by Gasteiger charge is 2.15. The van der Waals surface area contributed by atoms with Crippen LogP contribution in [0.3, 0.4) is 0 Å². The van der Waals surface area contributed by atoms with Crippen LogP contribution in [0.1, 0.15) is 32.8 Å². The molecule has 4 heteroatoms. The molecular formula is C20H22N2O2. The minimum absolute atomic E-state index is 0.413. The zero-order chi connectivity index (χ0) is 17.4. The second-order valence-corrected chi connectivity index (χ2v) is 6.27. The Bertz CT molecular complexity index is 720. The van der Waals surface area contributed by atoms with E-state index in [1.54, 1.807) is 6.20 Å². The number of rotatable bonds is 3. The first-order valence-corrected chi connectivity index (χ1v) is 7.91. The lowest BCUT2D eigenvalue weighted by Gasteiger charge is -2.19. The van der Waals surface area contributed by atoms with E-state index in [1.807, 2.05) is 63.2 Å². The van der Waals surface area contributed by atoms with E-state index in [1.165, 1.54) is 0 Å². The lowest BCUT2D eigenvalue weighted by atomic mass is 10.1. The van der Waals surface area contributed by atoms with E-state index in [9.17, 15) is 4.79 Å². The fourth-order valence-electron chi connectivity index (χ4n) is 1.96. The van der Waals surface area contributed by atoms with E-state index in [-0.39, 0.29) is 0 Å². The fourth-order valence-corrected chi connectivity index (χ4v) is 1.96. The van der Waals surface area contributed by atoms with Gasteiger partial charge in [-0.15, -0.1) is 0 Å². The molecule has 0 spiro atoms. The maximum atomic E-state index is 11.5. The van der Waals surface area contributed by atoms with Crippen LogP contribution in [0.2, 0.25) is 0 Å². The second kappa shape index (κ2) is 8.16. The maximum absolute atomic E-state index is 11.5. The predicted molar refractivity (Wildman–Crippen MR) is 95.4 cm³/mol. The number of benzene rings is 1. The molecule has 1 aromatic heterocycles. The van der Waals surface area contributed by atoms with Gasteiger partial charge in [0.1, 0.15) is 5.60 Å². The molecule has 0 saturated carbocycles. The Hall–Kier alpha value is -2.80. The van der Waals surface area contributed by atoms with Crippen LogP contribution < -0.4 is 5.32 Å². The number of carbonyl (C=O) groups is 1. The SMILES string of the molecule is CC(C)(C)OC(=O)NCCC#Cc1ccc(-c2ccccn2)cc1. The van der Waals surface area contributed by atoms with Crippen LogP contribution in [-0.2, 0) is 4.74 Å². The summed E-state index contributed by atoms with van der Waals surface area (Å²) in [4.78, 5) is 15.8. The van der Waals surface area contributed by atoms with Crippen molar-refractivity contribution >= 4 is 6.09 Å². The van der Waals surface area contributed by atoms with Gasteiger partial charge in [-0.25, -0.2) is 4.79 Å². The normalized spacial score (nSPS) is 10.5. The second-order valence-electron chi connectivity index (χ2n) is 6.27. The molecule has 1 N–H and O–H groups in total. The molecule has 1 amide bonds. The maximum Gasteiger partial charge on any atom is 0.407 e. The number of pyridine rings is 1. The van der Waals surface area contributed by atoms with Crippen molar-refractivity contribution < 1.29 is 9.53 Å². The molecular weight excluding hydrogens is 300 g/mol. The molecule has 0 radical (unpaired) electrons.